The van der Waals surface area contributed by atoms with Crippen molar-refractivity contribution in [1.29, 1.82) is 0 Å². The van der Waals surface area contributed by atoms with Crippen molar-refractivity contribution in [2.45, 2.75) is 38.8 Å². The fourth-order valence-electron chi connectivity index (χ4n) is 2.07. The summed E-state index contributed by atoms with van der Waals surface area (Å²) in [7, 11) is 0. The lowest BCUT2D eigenvalue weighted by molar-refractivity contribution is -0.120. The SMILES string of the molecule is CCCNC(CCN1CCOC(C)C1)C(N)=O. The highest BCUT2D eigenvalue weighted by Crippen LogP contribution is 2.05. The van der Waals surface area contributed by atoms with E-state index in [1.54, 1.807) is 0 Å². The molecule has 3 N–H and O–H groups in total. The van der Waals surface area contributed by atoms with Crippen molar-refractivity contribution in [3.63, 3.8) is 0 Å². The number of hydrogen-bond acceptors (Lipinski definition) is 4. The predicted octanol–water partition coefficient (Wildman–Crippen LogP) is -0.0493. The molecular weight excluding hydrogens is 218 g/mol. The van der Waals surface area contributed by atoms with Gasteiger partial charge in [-0.25, -0.2) is 0 Å². The summed E-state index contributed by atoms with van der Waals surface area (Å²) < 4.78 is 5.48. The Balaban J connectivity index is 2.27. The number of hydrogen-bond donors (Lipinski definition) is 2. The van der Waals surface area contributed by atoms with E-state index in [1.165, 1.54) is 0 Å². The fraction of sp³-hybridized carbons (Fsp3) is 0.917. The summed E-state index contributed by atoms with van der Waals surface area (Å²) in [6, 6.07) is -0.201. The van der Waals surface area contributed by atoms with Crippen LogP contribution in [0.25, 0.3) is 0 Å². The van der Waals surface area contributed by atoms with Crippen LogP contribution in [-0.2, 0) is 9.53 Å². The van der Waals surface area contributed by atoms with E-state index in [0.29, 0.717) is 6.10 Å². The average Bonchev–Trinajstić information content (AvgIpc) is 2.28. The Hall–Kier alpha value is -0.650. The maximum atomic E-state index is 11.3. The summed E-state index contributed by atoms with van der Waals surface area (Å²) in [5.41, 5.74) is 5.38. The lowest BCUT2D eigenvalue weighted by Gasteiger charge is -2.31. The Bertz CT molecular complexity index is 236. The number of amides is 1. The van der Waals surface area contributed by atoms with Gasteiger partial charge in [0.1, 0.15) is 0 Å². The van der Waals surface area contributed by atoms with Crippen LogP contribution in [-0.4, -0.2) is 55.7 Å². The number of morpholine rings is 1. The largest absolute Gasteiger partial charge is 0.376 e. The van der Waals surface area contributed by atoms with E-state index in [4.69, 9.17) is 10.5 Å². The minimum Gasteiger partial charge on any atom is -0.376 e. The van der Waals surface area contributed by atoms with E-state index in [-0.39, 0.29) is 11.9 Å². The molecule has 1 rings (SSSR count). The zero-order chi connectivity index (χ0) is 12.7. The third-order valence-corrected chi connectivity index (χ3v) is 3.04. The van der Waals surface area contributed by atoms with Gasteiger partial charge in [0.25, 0.3) is 0 Å². The molecule has 0 bridgehead atoms. The number of nitrogens with one attached hydrogen (secondary N) is 1. The molecule has 0 saturated carbocycles. The van der Waals surface area contributed by atoms with Crippen LogP contribution in [0.2, 0.25) is 0 Å². The third kappa shape index (κ3) is 5.48. The smallest absolute Gasteiger partial charge is 0.234 e. The van der Waals surface area contributed by atoms with Crippen LogP contribution < -0.4 is 11.1 Å². The Morgan fingerprint density at radius 3 is 3.00 bits per heavy atom. The Morgan fingerprint density at radius 1 is 1.65 bits per heavy atom. The zero-order valence-corrected chi connectivity index (χ0v) is 10.9. The fourth-order valence-corrected chi connectivity index (χ4v) is 2.07. The number of carbonyl (C=O) groups excluding carboxylic acids is 1. The van der Waals surface area contributed by atoms with Crippen LogP contribution in [0, 0.1) is 0 Å². The molecule has 2 atom stereocenters. The van der Waals surface area contributed by atoms with E-state index in [2.05, 4.69) is 24.1 Å². The molecule has 1 fully saturated rings. The molecule has 5 heteroatoms. The number of primary amides is 1. The van der Waals surface area contributed by atoms with Crippen molar-refractivity contribution in [3.05, 3.63) is 0 Å². The summed E-state index contributed by atoms with van der Waals surface area (Å²) in [5.74, 6) is -0.250. The van der Waals surface area contributed by atoms with Gasteiger partial charge in [-0.05, 0) is 26.3 Å². The molecule has 0 radical (unpaired) electrons. The van der Waals surface area contributed by atoms with Crippen molar-refractivity contribution in [2.24, 2.45) is 5.73 Å². The lowest BCUT2D eigenvalue weighted by Crippen LogP contribution is -2.46. The predicted molar refractivity (Wildman–Crippen MR) is 67.7 cm³/mol. The van der Waals surface area contributed by atoms with Crippen LogP contribution in [0.3, 0.4) is 0 Å². The summed E-state index contributed by atoms with van der Waals surface area (Å²) in [4.78, 5) is 13.6. The number of carbonyl (C=O) groups is 1. The molecule has 17 heavy (non-hydrogen) atoms. The van der Waals surface area contributed by atoms with E-state index in [9.17, 15) is 4.79 Å². The van der Waals surface area contributed by atoms with Crippen LogP contribution >= 0.6 is 0 Å². The zero-order valence-electron chi connectivity index (χ0n) is 10.9. The Labute approximate surface area is 104 Å². The normalized spacial score (nSPS) is 23.5. The van der Waals surface area contributed by atoms with Gasteiger partial charge in [0, 0.05) is 19.6 Å². The first kappa shape index (κ1) is 14.4. The van der Waals surface area contributed by atoms with E-state index in [1.807, 2.05) is 0 Å². The van der Waals surface area contributed by atoms with E-state index in [0.717, 1.165) is 45.6 Å². The molecule has 0 aliphatic carbocycles. The van der Waals surface area contributed by atoms with Gasteiger partial charge in [-0.1, -0.05) is 6.92 Å². The second kappa shape index (κ2) is 7.63. The van der Waals surface area contributed by atoms with Crippen molar-refractivity contribution in [1.82, 2.24) is 10.2 Å². The maximum Gasteiger partial charge on any atom is 0.234 e. The summed E-state index contributed by atoms with van der Waals surface area (Å²) in [6.45, 7) is 8.57. The first-order chi connectivity index (χ1) is 8.13. The molecule has 0 spiro atoms. The highest BCUT2D eigenvalue weighted by atomic mass is 16.5. The molecule has 1 aliphatic heterocycles. The molecular formula is C12H25N3O2. The monoisotopic (exact) mass is 243 g/mol. The van der Waals surface area contributed by atoms with Gasteiger partial charge in [-0.15, -0.1) is 0 Å². The van der Waals surface area contributed by atoms with Crippen molar-refractivity contribution in [3.8, 4) is 0 Å². The average molecular weight is 243 g/mol. The lowest BCUT2D eigenvalue weighted by atomic mass is 10.1. The highest BCUT2D eigenvalue weighted by Gasteiger charge is 2.19. The molecule has 1 heterocycles. The third-order valence-electron chi connectivity index (χ3n) is 3.04. The number of nitrogens with zero attached hydrogens (tertiary/aromatic N) is 1. The van der Waals surface area contributed by atoms with Crippen LogP contribution in [0.15, 0.2) is 0 Å². The van der Waals surface area contributed by atoms with Gasteiger partial charge in [-0.2, -0.15) is 0 Å². The van der Waals surface area contributed by atoms with Crippen molar-refractivity contribution < 1.29 is 9.53 Å². The van der Waals surface area contributed by atoms with Crippen LogP contribution in [0.1, 0.15) is 26.7 Å². The number of ether oxygens (including phenoxy) is 1. The van der Waals surface area contributed by atoms with E-state index < -0.39 is 0 Å². The highest BCUT2D eigenvalue weighted by molar-refractivity contribution is 5.79. The summed E-state index contributed by atoms with van der Waals surface area (Å²) in [5, 5.41) is 3.19. The van der Waals surface area contributed by atoms with Gasteiger partial charge in [0.15, 0.2) is 0 Å². The molecule has 100 valence electrons. The molecule has 0 aromatic heterocycles. The molecule has 0 aromatic rings. The summed E-state index contributed by atoms with van der Waals surface area (Å²) >= 11 is 0. The molecule has 1 amide bonds. The summed E-state index contributed by atoms with van der Waals surface area (Å²) in [6.07, 6.45) is 2.08. The molecule has 1 aliphatic rings. The minimum atomic E-state index is -0.250. The standard InChI is InChI=1S/C12H25N3O2/c1-3-5-14-11(12(13)16)4-6-15-7-8-17-10(2)9-15/h10-11,14H,3-9H2,1-2H3,(H2,13,16). The first-order valence-electron chi connectivity index (χ1n) is 6.50. The second-order valence-electron chi connectivity index (χ2n) is 4.68. The number of nitrogens with two attached hydrogens (primary N) is 1. The first-order valence-corrected chi connectivity index (χ1v) is 6.50. The van der Waals surface area contributed by atoms with Crippen molar-refractivity contribution in [2.75, 3.05) is 32.8 Å². The Kier molecular flexibility index (Phi) is 6.47. The maximum absolute atomic E-state index is 11.3. The van der Waals surface area contributed by atoms with Gasteiger partial charge in [-0.3, -0.25) is 9.69 Å². The second-order valence-corrected chi connectivity index (χ2v) is 4.68. The topological polar surface area (TPSA) is 67.6 Å². The van der Waals surface area contributed by atoms with Gasteiger partial charge in [0.2, 0.25) is 5.91 Å². The number of rotatable bonds is 7. The minimum absolute atomic E-state index is 0.201. The van der Waals surface area contributed by atoms with Crippen LogP contribution in [0.5, 0.6) is 0 Å². The van der Waals surface area contributed by atoms with Crippen LogP contribution in [0.4, 0.5) is 0 Å². The Morgan fingerprint density at radius 2 is 2.41 bits per heavy atom. The van der Waals surface area contributed by atoms with Gasteiger partial charge < -0.3 is 15.8 Å². The molecule has 0 aromatic carbocycles. The van der Waals surface area contributed by atoms with E-state index >= 15 is 0 Å². The molecule has 1 saturated heterocycles. The van der Waals surface area contributed by atoms with Gasteiger partial charge >= 0.3 is 0 Å². The quantitative estimate of drug-likeness (QED) is 0.658. The van der Waals surface area contributed by atoms with Gasteiger partial charge in [0.05, 0.1) is 18.8 Å². The molecule has 2 unspecified atom stereocenters. The molecule has 5 nitrogen and oxygen atoms in total. The van der Waals surface area contributed by atoms with Crippen molar-refractivity contribution >= 4 is 5.91 Å².